The van der Waals surface area contributed by atoms with Gasteiger partial charge < -0.3 is 14.6 Å². The molecule has 1 N–H and O–H groups in total. The van der Waals surface area contributed by atoms with Crippen molar-refractivity contribution in [2.45, 2.75) is 6.29 Å². The molecule has 0 amide bonds. The normalized spacial score (nSPS) is 10.7. The van der Waals surface area contributed by atoms with Crippen molar-refractivity contribution in [1.29, 1.82) is 0 Å². The van der Waals surface area contributed by atoms with Crippen LogP contribution < -0.4 is 0 Å². The molecule has 0 saturated carbocycles. The molecule has 1 rings (SSSR count). The van der Waals surface area contributed by atoms with Crippen molar-refractivity contribution in [3.05, 3.63) is 35.1 Å². The molecule has 0 fully saturated rings. The molecule has 0 aliphatic heterocycles. The maximum atomic E-state index is 13.2. The fourth-order valence-electron chi connectivity index (χ4n) is 1.31. The number of aromatic carboxylic acids is 1. The van der Waals surface area contributed by atoms with Crippen molar-refractivity contribution in [1.82, 2.24) is 0 Å². The summed E-state index contributed by atoms with van der Waals surface area (Å²) in [7, 11) is 2.70. The molecule has 0 spiro atoms. The van der Waals surface area contributed by atoms with Crippen LogP contribution in [0, 0.1) is 5.82 Å². The highest BCUT2D eigenvalue weighted by Gasteiger charge is 2.21. The van der Waals surface area contributed by atoms with E-state index in [0.717, 1.165) is 6.07 Å². The zero-order valence-corrected chi connectivity index (χ0v) is 8.36. The van der Waals surface area contributed by atoms with E-state index in [2.05, 4.69) is 0 Å². The zero-order chi connectivity index (χ0) is 11.4. The Labute approximate surface area is 86.2 Å². The van der Waals surface area contributed by atoms with E-state index in [0.29, 0.717) is 0 Å². The van der Waals surface area contributed by atoms with E-state index in [1.165, 1.54) is 26.4 Å². The van der Waals surface area contributed by atoms with Crippen LogP contribution in [0.15, 0.2) is 18.2 Å². The Kier molecular flexibility index (Phi) is 3.76. The van der Waals surface area contributed by atoms with Crippen LogP contribution in [0.25, 0.3) is 0 Å². The minimum atomic E-state index is -1.35. The number of rotatable bonds is 4. The number of halogens is 1. The minimum Gasteiger partial charge on any atom is -0.478 e. The second-order valence-corrected chi connectivity index (χ2v) is 2.81. The van der Waals surface area contributed by atoms with Crippen LogP contribution in [0.3, 0.4) is 0 Å². The van der Waals surface area contributed by atoms with Crippen molar-refractivity contribution < 1.29 is 23.8 Å². The van der Waals surface area contributed by atoms with E-state index >= 15 is 0 Å². The molecule has 0 bridgehead atoms. The highest BCUT2D eigenvalue weighted by Crippen LogP contribution is 2.23. The maximum absolute atomic E-state index is 13.2. The first-order valence-corrected chi connectivity index (χ1v) is 4.19. The lowest BCUT2D eigenvalue weighted by Crippen LogP contribution is -2.12. The molecule has 0 aliphatic carbocycles. The van der Waals surface area contributed by atoms with Crippen LogP contribution in [0.4, 0.5) is 4.39 Å². The van der Waals surface area contributed by atoms with Crippen molar-refractivity contribution in [2.24, 2.45) is 0 Å². The van der Waals surface area contributed by atoms with Crippen molar-refractivity contribution in [2.75, 3.05) is 14.2 Å². The lowest BCUT2D eigenvalue weighted by atomic mass is 10.1. The Morgan fingerprint density at radius 2 is 2.00 bits per heavy atom. The lowest BCUT2D eigenvalue weighted by molar-refractivity contribution is -0.106. The predicted molar refractivity (Wildman–Crippen MR) is 50.1 cm³/mol. The van der Waals surface area contributed by atoms with E-state index in [-0.39, 0.29) is 5.56 Å². The fourth-order valence-corrected chi connectivity index (χ4v) is 1.31. The molecule has 0 unspecified atom stereocenters. The second kappa shape index (κ2) is 4.86. The van der Waals surface area contributed by atoms with Gasteiger partial charge >= 0.3 is 5.97 Å². The Hall–Kier alpha value is -1.46. The Morgan fingerprint density at radius 3 is 2.47 bits per heavy atom. The monoisotopic (exact) mass is 214 g/mol. The SMILES string of the molecule is COC(OC)c1cccc(F)c1C(=O)O. The van der Waals surface area contributed by atoms with Gasteiger partial charge in [0.15, 0.2) is 6.29 Å². The fraction of sp³-hybridized carbons (Fsp3) is 0.300. The predicted octanol–water partition coefficient (Wildman–Crippen LogP) is 1.82. The summed E-state index contributed by atoms with van der Waals surface area (Å²) >= 11 is 0. The zero-order valence-electron chi connectivity index (χ0n) is 8.36. The number of hydrogen-bond acceptors (Lipinski definition) is 3. The molecule has 0 radical (unpaired) electrons. The number of carboxylic acid groups (broad SMARTS) is 1. The van der Waals surface area contributed by atoms with Gasteiger partial charge in [-0.2, -0.15) is 0 Å². The molecule has 1 aromatic rings. The summed E-state index contributed by atoms with van der Waals surface area (Å²) in [5.74, 6) is -2.15. The Morgan fingerprint density at radius 1 is 1.40 bits per heavy atom. The highest BCUT2D eigenvalue weighted by molar-refractivity contribution is 5.89. The van der Waals surface area contributed by atoms with Gasteiger partial charge in [-0.3, -0.25) is 0 Å². The number of ether oxygens (including phenoxy) is 2. The van der Waals surface area contributed by atoms with Gasteiger partial charge in [0.2, 0.25) is 0 Å². The molecular weight excluding hydrogens is 203 g/mol. The second-order valence-electron chi connectivity index (χ2n) is 2.81. The van der Waals surface area contributed by atoms with Gasteiger partial charge in [-0.1, -0.05) is 12.1 Å². The Bertz CT molecular complexity index is 360. The minimum absolute atomic E-state index is 0.160. The number of carboxylic acids is 1. The average molecular weight is 214 g/mol. The van der Waals surface area contributed by atoms with E-state index in [4.69, 9.17) is 14.6 Å². The summed E-state index contributed by atoms with van der Waals surface area (Å²) in [5, 5.41) is 8.84. The third-order valence-electron chi connectivity index (χ3n) is 1.94. The number of carbonyl (C=O) groups is 1. The van der Waals surface area contributed by atoms with Crippen LogP contribution in [-0.4, -0.2) is 25.3 Å². The van der Waals surface area contributed by atoms with Crippen LogP contribution >= 0.6 is 0 Å². The third kappa shape index (κ3) is 2.31. The summed E-state index contributed by atoms with van der Waals surface area (Å²) < 4.78 is 23.0. The van der Waals surface area contributed by atoms with E-state index in [1.807, 2.05) is 0 Å². The van der Waals surface area contributed by atoms with Crippen molar-refractivity contribution in [3.63, 3.8) is 0 Å². The standard InChI is InChI=1S/C10H11FO4/c1-14-10(15-2)6-4-3-5-7(11)8(6)9(12)13/h3-5,10H,1-2H3,(H,12,13). The Balaban J connectivity index is 3.27. The average Bonchev–Trinajstić information content (AvgIpc) is 2.19. The quantitative estimate of drug-likeness (QED) is 0.776. The van der Waals surface area contributed by atoms with E-state index in [1.54, 1.807) is 0 Å². The van der Waals surface area contributed by atoms with Crippen LogP contribution in [0.5, 0.6) is 0 Å². The smallest absolute Gasteiger partial charge is 0.339 e. The summed E-state index contributed by atoms with van der Waals surface area (Å²) in [5.41, 5.74) is -0.265. The van der Waals surface area contributed by atoms with Gasteiger partial charge in [-0.05, 0) is 6.07 Å². The number of benzene rings is 1. The van der Waals surface area contributed by atoms with Crippen molar-refractivity contribution >= 4 is 5.97 Å². The molecule has 0 saturated heterocycles. The number of hydrogen-bond donors (Lipinski definition) is 1. The van der Waals surface area contributed by atoms with Gasteiger partial charge in [0.25, 0.3) is 0 Å². The summed E-state index contributed by atoms with van der Waals surface area (Å²) in [6, 6.07) is 3.93. The van der Waals surface area contributed by atoms with Gasteiger partial charge in [0, 0.05) is 19.8 Å². The van der Waals surface area contributed by atoms with Crippen molar-refractivity contribution in [3.8, 4) is 0 Å². The lowest BCUT2D eigenvalue weighted by Gasteiger charge is -2.15. The molecular formula is C10H11FO4. The van der Waals surface area contributed by atoms with Gasteiger partial charge in [0.1, 0.15) is 11.4 Å². The van der Waals surface area contributed by atoms with E-state index < -0.39 is 23.6 Å². The molecule has 5 heteroatoms. The van der Waals surface area contributed by atoms with Crippen LogP contribution in [-0.2, 0) is 9.47 Å². The largest absolute Gasteiger partial charge is 0.478 e. The first-order valence-electron chi connectivity index (χ1n) is 4.19. The van der Waals surface area contributed by atoms with Gasteiger partial charge in [-0.15, -0.1) is 0 Å². The van der Waals surface area contributed by atoms with Gasteiger partial charge in [-0.25, -0.2) is 9.18 Å². The molecule has 15 heavy (non-hydrogen) atoms. The number of methoxy groups -OCH3 is 2. The molecule has 82 valence electrons. The first-order chi connectivity index (χ1) is 7.11. The van der Waals surface area contributed by atoms with Crippen LogP contribution in [0.2, 0.25) is 0 Å². The van der Waals surface area contributed by atoms with Gasteiger partial charge in [0.05, 0.1) is 0 Å². The summed E-state index contributed by atoms with van der Waals surface area (Å²) in [4.78, 5) is 10.8. The third-order valence-corrected chi connectivity index (χ3v) is 1.94. The molecule has 4 nitrogen and oxygen atoms in total. The van der Waals surface area contributed by atoms with Crippen LogP contribution in [0.1, 0.15) is 22.2 Å². The molecule has 0 aromatic heterocycles. The molecule has 0 atom stereocenters. The van der Waals surface area contributed by atoms with E-state index in [9.17, 15) is 9.18 Å². The first kappa shape index (κ1) is 11.6. The molecule has 0 aliphatic rings. The highest BCUT2D eigenvalue weighted by atomic mass is 19.1. The molecule has 1 aromatic carbocycles. The maximum Gasteiger partial charge on any atom is 0.339 e. The summed E-state index contributed by atoms with van der Waals surface area (Å²) in [6.07, 6.45) is -0.883. The summed E-state index contributed by atoms with van der Waals surface area (Å²) in [6.45, 7) is 0. The topological polar surface area (TPSA) is 55.8 Å². The molecule has 0 heterocycles.